The Kier molecular flexibility index (Phi) is 4.95. The van der Waals surface area contributed by atoms with E-state index in [9.17, 15) is 9.90 Å². The first-order valence-electron chi connectivity index (χ1n) is 6.51. The Morgan fingerprint density at radius 2 is 2.18 bits per heavy atom. The number of carbonyl (C=O) groups is 1. The molecular weight excluding hydrogens is 218 g/mol. The summed E-state index contributed by atoms with van der Waals surface area (Å²) in [7, 11) is 0. The van der Waals surface area contributed by atoms with Crippen LogP contribution in [0.1, 0.15) is 46.5 Å². The Balaban J connectivity index is 2.39. The molecule has 0 bridgehead atoms. The highest BCUT2D eigenvalue weighted by atomic mass is 16.5. The Morgan fingerprint density at radius 3 is 2.71 bits per heavy atom. The number of hydrogen-bond donors (Lipinski definition) is 2. The van der Waals surface area contributed by atoms with E-state index in [2.05, 4.69) is 13.8 Å². The lowest BCUT2D eigenvalue weighted by Gasteiger charge is -2.27. The third-order valence-electron chi connectivity index (χ3n) is 4.06. The number of carboxylic acids is 1. The van der Waals surface area contributed by atoms with Crippen LogP contribution >= 0.6 is 0 Å². The zero-order chi connectivity index (χ0) is 13.1. The SMILES string of the molecule is CC(C)C(C)OCCC1CCCC1(N)C(=O)O. The van der Waals surface area contributed by atoms with Crippen molar-refractivity contribution in [2.45, 2.75) is 58.1 Å². The van der Waals surface area contributed by atoms with Gasteiger partial charge in [-0.1, -0.05) is 20.3 Å². The van der Waals surface area contributed by atoms with Gasteiger partial charge in [0, 0.05) is 6.61 Å². The highest BCUT2D eigenvalue weighted by Crippen LogP contribution is 2.36. The number of aliphatic carboxylic acids is 1. The van der Waals surface area contributed by atoms with Crippen molar-refractivity contribution in [3.63, 3.8) is 0 Å². The summed E-state index contributed by atoms with van der Waals surface area (Å²) in [5.74, 6) is -0.322. The van der Waals surface area contributed by atoms with Crippen LogP contribution in [0.2, 0.25) is 0 Å². The Morgan fingerprint density at radius 1 is 1.53 bits per heavy atom. The lowest BCUT2D eigenvalue weighted by atomic mass is 9.86. The van der Waals surface area contributed by atoms with Crippen molar-refractivity contribution >= 4 is 5.97 Å². The molecular formula is C13H25NO3. The van der Waals surface area contributed by atoms with Gasteiger partial charge in [-0.3, -0.25) is 4.79 Å². The molecule has 0 aromatic carbocycles. The van der Waals surface area contributed by atoms with Gasteiger partial charge in [-0.05, 0) is 38.0 Å². The molecule has 1 aliphatic rings. The summed E-state index contributed by atoms with van der Waals surface area (Å²) in [5, 5.41) is 9.17. The van der Waals surface area contributed by atoms with Crippen LogP contribution < -0.4 is 5.73 Å². The maximum Gasteiger partial charge on any atom is 0.323 e. The molecule has 0 aliphatic heterocycles. The molecule has 1 aliphatic carbocycles. The van der Waals surface area contributed by atoms with Gasteiger partial charge in [-0.15, -0.1) is 0 Å². The van der Waals surface area contributed by atoms with E-state index in [1.54, 1.807) is 0 Å². The molecule has 3 N–H and O–H groups in total. The highest BCUT2D eigenvalue weighted by Gasteiger charge is 2.45. The van der Waals surface area contributed by atoms with Gasteiger partial charge in [-0.2, -0.15) is 0 Å². The number of nitrogens with two attached hydrogens (primary N) is 1. The molecule has 1 rings (SSSR count). The maximum atomic E-state index is 11.2. The largest absolute Gasteiger partial charge is 0.480 e. The molecule has 0 saturated heterocycles. The van der Waals surface area contributed by atoms with Crippen molar-refractivity contribution in [1.82, 2.24) is 0 Å². The van der Waals surface area contributed by atoms with Crippen molar-refractivity contribution < 1.29 is 14.6 Å². The van der Waals surface area contributed by atoms with E-state index in [0.29, 0.717) is 18.9 Å². The zero-order valence-corrected chi connectivity index (χ0v) is 11.1. The average molecular weight is 243 g/mol. The van der Waals surface area contributed by atoms with Crippen LogP contribution in [0.3, 0.4) is 0 Å². The first-order valence-corrected chi connectivity index (χ1v) is 6.51. The van der Waals surface area contributed by atoms with Gasteiger partial charge in [0.15, 0.2) is 0 Å². The minimum Gasteiger partial charge on any atom is -0.480 e. The van der Waals surface area contributed by atoms with Crippen LogP contribution in [-0.4, -0.2) is 29.3 Å². The van der Waals surface area contributed by atoms with Crippen molar-refractivity contribution in [3.8, 4) is 0 Å². The van der Waals surface area contributed by atoms with E-state index in [1.165, 1.54) is 0 Å². The standard InChI is InChI=1S/C13H25NO3/c1-9(2)10(3)17-8-6-11-5-4-7-13(11,14)12(15)16/h9-11H,4-8,14H2,1-3H3,(H,15,16). The second-order valence-corrected chi connectivity index (χ2v) is 5.54. The Labute approximate surface area is 104 Å². The smallest absolute Gasteiger partial charge is 0.323 e. The van der Waals surface area contributed by atoms with E-state index >= 15 is 0 Å². The van der Waals surface area contributed by atoms with Gasteiger partial charge in [0.2, 0.25) is 0 Å². The first kappa shape index (κ1) is 14.5. The van der Waals surface area contributed by atoms with Crippen LogP contribution in [-0.2, 0) is 9.53 Å². The fraction of sp³-hybridized carbons (Fsp3) is 0.923. The van der Waals surface area contributed by atoms with Gasteiger partial charge in [0.25, 0.3) is 0 Å². The molecule has 0 aromatic heterocycles. The summed E-state index contributed by atoms with van der Waals surface area (Å²) in [6.45, 7) is 6.89. The molecule has 1 fully saturated rings. The lowest BCUT2D eigenvalue weighted by Crippen LogP contribution is -2.51. The monoisotopic (exact) mass is 243 g/mol. The first-order chi connectivity index (χ1) is 7.88. The molecule has 4 heteroatoms. The summed E-state index contributed by atoms with van der Waals surface area (Å²) >= 11 is 0. The van der Waals surface area contributed by atoms with Gasteiger partial charge in [-0.25, -0.2) is 0 Å². The molecule has 0 spiro atoms. The summed E-state index contributed by atoms with van der Waals surface area (Å²) < 4.78 is 5.69. The molecule has 17 heavy (non-hydrogen) atoms. The minimum absolute atomic E-state index is 0.0550. The molecule has 0 aromatic rings. The Hall–Kier alpha value is -0.610. The third-order valence-corrected chi connectivity index (χ3v) is 4.06. The molecule has 1 saturated carbocycles. The molecule has 0 amide bonds. The topological polar surface area (TPSA) is 72.5 Å². The van der Waals surface area contributed by atoms with E-state index in [0.717, 1.165) is 19.3 Å². The second kappa shape index (κ2) is 5.83. The molecule has 3 unspecified atom stereocenters. The number of carboxylic acid groups (broad SMARTS) is 1. The van der Waals surface area contributed by atoms with Gasteiger partial charge in [0.05, 0.1) is 6.10 Å². The molecule has 3 atom stereocenters. The van der Waals surface area contributed by atoms with Crippen molar-refractivity contribution in [2.24, 2.45) is 17.6 Å². The van der Waals surface area contributed by atoms with E-state index < -0.39 is 11.5 Å². The Bertz CT molecular complexity index is 267. The predicted molar refractivity (Wildman–Crippen MR) is 66.8 cm³/mol. The van der Waals surface area contributed by atoms with Crippen LogP contribution in [0.25, 0.3) is 0 Å². The fourth-order valence-electron chi connectivity index (χ4n) is 2.37. The number of hydrogen-bond acceptors (Lipinski definition) is 3. The minimum atomic E-state index is -1.02. The molecule has 0 radical (unpaired) electrons. The third kappa shape index (κ3) is 3.42. The number of rotatable bonds is 6. The summed E-state index contributed by atoms with van der Waals surface area (Å²) in [6, 6.07) is 0. The van der Waals surface area contributed by atoms with Crippen molar-refractivity contribution in [2.75, 3.05) is 6.61 Å². The summed E-state index contributed by atoms with van der Waals surface area (Å²) in [4.78, 5) is 11.2. The maximum absolute atomic E-state index is 11.2. The lowest BCUT2D eigenvalue weighted by molar-refractivity contribution is -0.145. The summed E-state index contributed by atoms with van der Waals surface area (Å²) in [5.41, 5.74) is 4.94. The van der Waals surface area contributed by atoms with Crippen LogP contribution in [0.15, 0.2) is 0 Å². The van der Waals surface area contributed by atoms with Gasteiger partial charge in [0.1, 0.15) is 5.54 Å². The predicted octanol–water partition coefficient (Wildman–Crippen LogP) is 2.02. The van der Waals surface area contributed by atoms with Crippen molar-refractivity contribution in [3.05, 3.63) is 0 Å². The van der Waals surface area contributed by atoms with E-state index in [1.807, 2.05) is 6.92 Å². The normalized spacial score (nSPS) is 30.8. The van der Waals surface area contributed by atoms with Crippen LogP contribution in [0.5, 0.6) is 0 Å². The average Bonchev–Trinajstić information content (AvgIpc) is 2.61. The second-order valence-electron chi connectivity index (χ2n) is 5.54. The molecule has 100 valence electrons. The van der Waals surface area contributed by atoms with Crippen LogP contribution in [0.4, 0.5) is 0 Å². The van der Waals surface area contributed by atoms with E-state index in [-0.39, 0.29) is 12.0 Å². The fourth-order valence-corrected chi connectivity index (χ4v) is 2.37. The van der Waals surface area contributed by atoms with E-state index in [4.69, 9.17) is 10.5 Å². The number of ether oxygens (including phenoxy) is 1. The summed E-state index contributed by atoms with van der Waals surface area (Å²) in [6.07, 6.45) is 3.37. The van der Waals surface area contributed by atoms with Gasteiger partial charge >= 0.3 is 5.97 Å². The van der Waals surface area contributed by atoms with Gasteiger partial charge < -0.3 is 15.6 Å². The van der Waals surface area contributed by atoms with Crippen molar-refractivity contribution in [1.29, 1.82) is 0 Å². The highest BCUT2D eigenvalue weighted by molar-refractivity contribution is 5.79. The molecule has 0 heterocycles. The quantitative estimate of drug-likeness (QED) is 0.748. The zero-order valence-electron chi connectivity index (χ0n) is 11.1. The molecule has 4 nitrogen and oxygen atoms in total. The van der Waals surface area contributed by atoms with Crippen LogP contribution in [0, 0.1) is 11.8 Å².